The summed E-state index contributed by atoms with van der Waals surface area (Å²) >= 11 is 0. The second-order valence-electron chi connectivity index (χ2n) is 6.84. The van der Waals surface area contributed by atoms with Crippen LogP contribution in [0.2, 0.25) is 0 Å². The second-order valence-corrected chi connectivity index (χ2v) is 6.84. The van der Waals surface area contributed by atoms with E-state index < -0.39 is 0 Å². The van der Waals surface area contributed by atoms with Crippen LogP contribution in [0.25, 0.3) is 0 Å². The first-order valence-electron chi connectivity index (χ1n) is 8.60. The Labute approximate surface area is 142 Å². The van der Waals surface area contributed by atoms with Crippen LogP contribution in [0.5, 0.6) is 0 Å². The molecule has 2 saturated heterocycles. The number of amides is 2. The van der Waals surface area contributed by atoms with Gasteiger partial charge in [0.1, 0.15) is 0 Å². The highest BCUT2D eigenvalue weighted by molar-refractivity contribution is 5.94. The first-order valence-corrected chi connectivity index (χ1v) is 8.60. The Bertz CT molecular complexity index is 582. The summed E-state index contributed by atoms with van der Waals surface area (Å²) in [5.41, 5.74) is 0.859. The van der Waals surface area contributed by atoms with E-state index in [1.54, 1.807) is 31.6 Å². The molecule has 1 aromatic rings. The van der Waals surface area contributed by atoms with Gasteiger partial charge < -0.3 is 14.5 Å². The molecule has 3 rings (SSSR count). The van der Waals surface area contributed by atoms with Crippen molar-refractivity contribution < 1.29 is 14.3 Å². The molecule has 0 unspecified atom stereocenters. The van der Waals surface area contributed by atoms with Gasteiger partial charge in [-0.15, -0.1) is 0 Å². The molecule has 0 atom stereocenters. The van der Waals surface area contributed by atoms with E-state index in [-0.39, 0.29) is 17.2 Å². The van der Waals surface area contributed by atoms with Crippen LogP contribution in [0, 0.1) is 5.41 Å². The summed E-state index contributed by atoms with van der Waals surface area (Å²) in [6.07, 6.45) is 6.77. The van der Waals surface area contributed by atoms with E-state index in [1.165, 1.54) is 0 Å². The van der Waals surface area contributed by atoms with Gasteiger partial charge in [-0.05, 0) is 36.8 Å². The molecule has 0 N–H and O–H groups in total. The van der Waals surface area contributed by atoms with E-state index in [9.17, 15) is 9.59 Å². The fourth-order valence-corrected chi connectivity index (χ4v) is 3.78. The minimum Gasteiger partial charge on any atom is -0.383 e. The van der Waals surface area contributed by atoms with E-state index >= 15 is 0 Å². The zero-order valence-corrected chi connectivity index (χ0v) is 14.2. The maximum atomic E-state index is 12.5. The number of carbonyl (C=O) groups is 2. The van der Waals surface area contributed by atoms with E-state index in [2.05, 4.69) is 4.98 Å². The highest BCUT2D eigenvalue weighted by Crippen LogP contribution is 2.40. The lowest BCUT2D eigenvalue weighted by molar-refractivity contribution is -0.139. The first kappa shape index (κ1) is 16.9. The maximum Gasteiger partial charge on any atom is 0.253 e. The Morgan fingerprint density at radius 1 is 1.25 bits per heavy atom. The molecule has 0 aromatic carbocycles. The predicted octanol–water partition coefficient (Wildman–Crippen LogP) is 1.57. The van der Waals surface area contributed by atoms with Gasteiger partial charge in [-0.2, -0.15) is 0 Å². The third-order valence-electron chi connectivity index (χ3n) is 5.35. The first-order chi connectivity index (χ1) is 11.6. The van der Waals surface area contributed by atoms with Crippen molar-refractivity contribution in [3.63, 3.8) is 0 Å². The number of methoxy groups -OCH3 is 1. The number of carbonyl (C=O) groups excluding carboxylic acids is 2. The zero-order chi connectivity index (χ0) is 17.0. The average molecular weight is 331 g/mol. The quantitative estimate of drug-likeness (QED) is 0.840. The second kappa shape index (κ2) is 7.30. The van der Waals surface area contributed by atoms with Crippen LogP contribution in [0.15, 0.2) is 24.5 Å². The monoisotopic (exact) mass is 331 g/mol. The van der Waals surface area contributed by atoms with Gasteiger partial charge in [0.2, 0.25) is 5.91 Å². The molecule has 0 aliphatic carbocycles. The summed E-state index contributed by atoms with van der Waals surface area (Å²) < 4.78 is 5.11. The lowest BCUT2D eigenvalue weighted by Gasteiger charge is -2.47. The number of rotatable bonds is 4. The van der Waals surface area contributed by atoms with Crippen molar-refractivity contribution in [3.8, 4) is 0 Å². The van der Waals surface area contributed by atoms with Gasteiger partial charge in [-0.3, -0.25) is 14.6 Å². The van der Waals surface area contributed by atoms with E-state index in [0.29, 0.717) is 25.1 Å². The van der Waals surface area contributed by atoms with E-state index in [4.69, 9.17) is 4.74 Å². The van der Waals surface area contributed by atoms with Crippen molar-refractivity contribution in [1.29, 1.82) is 0 Å². The molecule has 3 heterocycles. The molecule has 24 heavy (non-hydrogen) atoms. The number of hydrogen-bond acceptors (Lipinski definition) is 4. The highest BCUT2D eigenvalue weighted by atomic mass is 16.5. The van der Waals surface area contributed by atoms with Crippen molar-refractivity contribution >= 4 is 11.8 Å². The Hall–Kier alpha value is -1.95. The van der Waals surface area contributed by atoms with E-state index in [0.717, 1.165) is 38.9 Å². The SMILES string of the molecule is COCCN1CC2(CCC1=O)CCN(C(=O)c1ccncc1)CC2. The number of pyridine rings is 1. The van der Waals surface area contributed by atoms with Crippen molar-refractivity contribution in [2.24, 2.45) is 5.41 Å². The summed E-state index contributed by atoms with van der Waals surface area (Å²) in [5.74, 6) is 0.309. The molecule has 130 valence electrons. The van der Waals surface area contributed by atoms with Gasteiger partial charge in [0.25, 0.3) is 5.91 Å². The van der Waals surface area contributed by atoms with Crippen LogP contribution in [0.3, 0.4) is 0 Å². The topological polar surface area (TPSA) is 62.7 Å². The molecule has 2 aliphatic rings. The fraction of sp³-hybridized carbons (Fsp3) is 0.611. The molecule has 2 aliphatic heterocycles. The van der Waals surface area contributed by atoms with Gasteiger partial charge in [0, 0.05) is 57.7 Å². The van der Waals surface area contributed by atoms with Crippen molar-refractivity contribution in [2.45, 2.75) is 25.7 Å². The van der Waals surface area contributed by atoms with Crippen LogP contribution in [0.1, 0.15) is 36.0 Å². The summed E-state index contributed by atoms with van der Waals surface area (Å²) in [6, 6.07) is 3.52. The smallest absolute Gasteiger partial charge is 0.253 e. The molecule has 2 fully saturated rings. The number of hydrogen-bond donors (Lipinski definition) is 0. The molecule has 6 heteroatoms. The van der Waals surface area contributed by atoms with Gasteiger partial charge in [0.15, 0.2) is 0 Å². The Morgan fingerprint density at radius 3 is 2.62 bits per heavy atom. The molecule has 2 amide bonds. The number of likely N-dealkylation sites (tertiary alicyclic amines) is 2. The van der Waals surface area contributed by atoms with Crippen LogP contribution >= 0.6 is 0 Å². The number of nitrogens with zero attached hydrogens (tertiary/aromatic N) is 3. The summed E-state index contributed by atoms with van der Waals surface area (Å²) in [6.45, 7) is 3.55. The van der Waals surface area contributed by atoms with Gasteiger partial charge in [-0.25, -0.2) is 0 Å². The van der Waals surface area contributed by atoms with Crippen LogP contribution in [-0.2, 0) is 9.53 Å². The molecule has 1 aromatic heterocycles. The van der Waals surface area contributed by atoms with Gasteiger partial charge >= 0.3 is 0 Å². The Balaban J connectivity index is 1.59. The molecular weight excluding hydrogens is 306 g/mol. The molecule has 6 nitrogen and oxygen atoms in total. The van der Waals surface area contributed by atoms with Crippen molar-refractivity contribution in [2.75, 3.05) is 39.9 Å². The highest BCUT2D eigenvalue weighted by Gasteiger charge is 2.41. The summed E-state index contributed by atoms with van der Waals surface area (Å²) in [7, 11) is 1.66. The zero-order valence-electron chi connectivity index (χ0n) is 14.2. The fourth-order valence-electron chi connectivity index (χ4n) is 3.78. The Morgan fingerprint density at radius 2 is 1.96 bits per heavy atom. The molecule has 0 saturated carbocycles. The predicted molar refractivity (Wildman–Crippen MR) is 89.5 cm³/mol. The minimum absolute atomic E-state index is 0.0791. The van der Waals surface area contributed by atoms with Crippen molar-refractivity contribution in [1.82, 2.24) is 14.8 Å². The lowest BCUT2D eigenvalue weighted by Crippen LogP contribution is -2.52. The summed E-state index contributed by atoms with van der Waals surface area (Å²) in [5, 5.41) is 0. The van der Waals surface area contributed by atoms with Gasteiger partial charge in [-0.1, -0.05) is 0 Å². The van der Waals surface area contributed by atoms with E-state index in [1.807, 2.05) is 9.80 Å². The molecule has 1 spiro atoms. The standard InChI is InChI=1S/C18H25N3O3/c1-24-13-12-21-14-18(5-2-16(21)22)6-10-20(11-7-18)17(23)15-3-8-19-9-4-15/h3-4,8-9H,2,5-7,10-14H2,1H3. The Kier molecular flexibility index (Phi) is 5.14. The largest absolute Gasteiger partial charge is 0.383 e. The van der Waals surface area contributed by atoms with Crippen molar-refractivity contribution in [3.05, 3.63) is 30.1 Å². The third-order valence-corrected chi connectivity index (χ3v) is 5.35. The number of piperidine rings is 2. The number of aromatic nitrogens is 1. The molecular formula is C18H25N3O3. The van der Waals surface area contributed by atoms with Crippen LogP contribution in [0.4, 0.5) is 0 Å². The van der Waals surface area contributed by atoms with Gasteiger partial charge in [0.05, 0.1) is 6.61 Å². The third kappa shape index (κ3) is 3.59. The lowest BCUT2D eigenvalue weighted by atomic mass is 9.72. The minimum atomic E-state index is 0.0791. The van der Waals surface area contributed by atoms with Crippen LogP contribution < -0.4 is 0 Å². The number of ether oxygens (including phenoxy) is 1. The normalized spacial score (nSPS) is 20.5. The summed E-state index contributed by atoms with van der Waals surface area (Å²) in [4.78, 5) is 32.5. The molecule has 0 radical (unpaired) electrons. The average Bonchev–Trinajstić information content (AvgIpc) is 2.63. The van der Waals surface area contributed by atoms with Crippen LogP contribution in [-0.4, -0.2) is 66.5 Å². The molecule has 0 bridgehead atoms. The maximum absolute atomic E-state index is 12.5.